The minimum atomic E-state index is -3.45. The summed E-state index contributed by atoms with van der Waals surface area (Å²) in [6.07, 6.45) is 3.83. The summed E-state index contributed by atoms with van der Waals surface area (Å²) in [6.45, 7) is 3.00. The smallest absolute Gasteiger partial charge is 0.243 e. The fourth-order valence-corrected chi connectivity index (χ4v) is 4.93. The largest absolute Gasteiger partial charge is 0.379 e. The zero-order valence-electron chi connectivity index (χ0n) is 16.4. The van der Waals surface area contributed by atoms with E-state index in [0.717, 1.165) is 21.3 Å². The Labute approximate surface area is 184 Å². The topological polar surface area (TPSA) is 76.5 Å². The Morgan fingerprint density at radius 3 is 2.33 bits per heavy atom. The lowest BCUT2D eigenvalue weighted by atomic mass is 10.2. The van der Waals surface area contributed by atoms with Gasteiger partial charge in [-0.3, -0.25) is 0 Å². The van der Waals surface area contributed by atoms with E-state index >= 15 is 0 Å². The number of nitrogens with zero attached hydrogens (tertiary/aromatic N) is 3. The van der Waals surface area contributed by atoms with Gasteiger partial charge < -0.3 is 10.1 Å². The number of ether oxygens (including phenoxy) is 1. The molecule has 7 nitrogen and oxygen atoms in total. The van der Waals surface area contributed by atoms with Crippen molar-refractivity contribution in [3.8, 4) is 5.69 Å². The normalized spacial score (nSPS) is 15.4. The molecule has 1 saturated heterocycles. The standard InChI is InChI=1S/C21H23BrN4O3S/c22-19-3-5-20(6-4-19)26-16-18(15-24-26)14-23-13-17-1-7-21(8-2-17)30(27,28)25-9-11-29-12-10-25/h1-8,15-16,23H,9-14H2. The molecule has 0 atom stereocenters. The van der Waals surface area contributed by atoms with Crippen molar-refractivity contribution in [3.63, 3.8) is 0 Å². The molecule has 4 rings (SSSR count). The van der Waals surface area contributed by atoms with Gasteiger partial charge in [0.05, 0.1) is 30.0 Å². The number of morpholine rings is 1. The van der Waals surface area contributed by atoms with Crippen molar-refractivity contribution in [2.45, 2.75) is 18.0 Å². The van der Waals surface area contributed by atoms with Gasteiger partial charge in [-0.05, 0) is 42.0 Å². The van der Waals surface area contributed by atoms with Crippen molar-refractivity contribution in [1.82, 2.24) is 19.4 Å². The maximum absolute atomic E-state index is 12.7. The number of aromatic nitrogens is 2. The van der Waals surface area contributed by atoms with E-state index in [9.17, 15) is 8.42 Å². The van der Waals surface area contributed by atoms with Crippen LogP contribution < -0.4 is 5.32 Å². The van der Waals surface area contributed by atoms with E-state index in [1.165, 1.54) is 4.31 Å². The quantitative estimate of drug-likeness (QED) is 0.550. The fourth-order valence-electron chi connectivity index (χ4n) is 3.25. The third kappa shape index (κ3) is 4.98. The number of hydrogen-bond donors (Lipinski definition) is 1. The second kappa shape index (κ2) is 9.40. The molecule has 0 spiro atoms. The first-order valence-electron chi connectivity index (χ1n) is 9.69. The highest BCUT2D eigenvalue weighted by molar-refractivity contribution is 9.10. The Hall–Kier alpha value is -2.04. The van der Waals surface area contributed by atoms with Gasteiger partial charge in [-0.15, -0.1) is 0 Å². The van der Waals surface area contributed by atoms with Crippen molar-refractivity contribution in [1.29, 1.82) is 0 Å². The SMILES string of the molecule is O=S(=O)(c1ccc(CNCc2cnn(-c3ccc(Br)cc3)c2)cc1)N1CCOCC1. The van der Waals surface area contributed by atoms with Gasteiger partial charge in [-0.25, -0.2) is 13.1 Å². The van der Waals surface area contributed by atoms with Gasteiger partial charge in [-0.2, -0.15) is 9.40 Å². The van der Waals surface area contributed by atoms with E-state index in [0.29, 0.717) is 44.3 Å². The lowest BCUT2D eigenvalue weighted by Crippen LogP contribution is -2.40. The van der Waals surface area contributed by atoms with E-state index in [4.69, 9.17) is 4.74 Å². The molecule has 1 fully saturated rings. The monoisotopic (exact) mass is 490 g/mol. The van der Waals surface area contributed by atoms with Crippen LogP contribution in [0.2, 0.25) is 0 Å². The minimum absolute atomic E-state index is 0.323. The summed E-state index contributed by atoms with van der Waals surface area (Å²) >= 11 is 3.43. The number of rotatable bonds is 7. The van der Waals surface area contributed by atoms with Crippen LogP contribution >= 0.6 is 15.9 Å². The Kier molecular flexibility index (Phi) is 6.64. The van der Waals surface area contributed by atoms with Crippen molar-refractivity contribution in [2.24, 2.45) is 0 Å². The predicted octanol–water partition coefficient (Wildman–Crippen LogP) is 2.95. The third-order valence-electron chi connectivity index (χ3n) is 4.92. The Balaban J connectivity index is 1.32. The maximum Gasteiger partial charge on any atom is 0.243 e. The van der Waals surface area contributed by atoms with Gasteiger partial charge >= 0.3 is 0 Å². The van der Waals surface area contributed by atoms with Crippen LogP contribution in [-0.2, 0) is 27.8 Å². The summed E-state index contributed by atoms with van der Waals surface area (Å²) in [4.78, 5) is 0.323. The summed E-state index contributed by atoms with van der Waals surface area (Å²) in [6, 6.07) is 15.0. The minimum Gasteiger partial charge on any atom is -0.379 e. The summed E-state index contributed by atoms with van der Waals surface area (Å²) in [5.41, 5.74) is 3.10. The van der Waals surface area contributed by atoms with Crippen molar-refractivity contribution < 1.29 is 13.2 Å². The van der Waals surface area contributed by atoms with Gasteiger partial charge in [0.25, 0.3) is 0 Å². The highest BCUT2D eigenvalue weighted by Gasteiger charge is 2.25. The molecule has 0 amide bonds. The van der Waals surface area contributed by atoms with Gasteiger partial charge in [0.2, 0.25) is 10.0 Å². The van der Waals surface area contributed by atoms with Crippen LogP contribution in [0, 0.1) is 0 Å². The average Bonchev–Trinajstić information content (AvgIpc) is 3.24. The number of hydrogen-bond acceptors (Lipinski definition) is 5. The molecule has 1 aliphatic heterocycles. The summed E-state index contributed by atoms with van der Waals surface area (Å²) < 4.78 is 34.9. The van der Waals surface area contributed by atoms with Gasteiger partial charge in [0.15, 0.2) is 0 Å². The zero-order chi connectivity index (χ0) is 21.0. The average molecular weight is 491 g/mol. The van der Waals surface area contributed by atoms with E-state index in [1.807, 2.05) is 53.5 Å². The molecule has 0 radical (unpaired) electrons. The van der Waals surface area contributed by atoms with Gasteiger partial charge in [0.1, 0.15) is 0 Å². The third-order valence-corrected chi connectivity index (χ3v) is 7.36. The van der Waals surface area contributed by atoms with E-state index in [2.05, 4.69) is 26.3 Å². The van der Waals surface area contributed by atoms with Crippen LogP contribution in [-0.4, -0.2) is 48.8 Å². The number of benzene rings is 2. The highest BCUT2D eigenvalue weighted by Crippen LogP contribution is 2.18. The molecule has 1 aromatic heterocycles. The fraction of sp³-hybridized carbons (Fsp3) is 0.286. The Morgan fingerprint density at radius 2 is 1.63 bits per heavy atom. The van der Waals surface area contributed by atoms with Crippen molar-refractivity contribution in [2.75, 3.05) is 26.3 Å². The lowest BCUT2D eigenvalue weighted by Gasteiger charge is -2.26. The maximum atomic E-state index is 12.7. The summed E-state index contributed by atoms with van der Waals surface area (Å²) in [5, 5.41) is 7.78. The lowest BCUT2D eigenvalue weighted by molar-refractivity contribution is 0.0730. The molecule has 158 valence electrons. The van der Waals surface area contributed by atoms with Crippen molar-refractivity contribution >= 4 is 26.0 Å². The molecule has 0 saturated carbocycles. The Morgan fingerprint density at radius 1 is 0.967 bits per heavy atom. The molecule has 9 heteroatoms. The van der Waals surface area contributed by atoms with Crippen LogP contribution in [0.1, 0.15) is 11.1 Å². The molecule has 0 aliphatic carbocycles. The molecule has 2 heterocycles. The number of halogens is 1. The van der Waals surface area contributed by atoms with Crippen LogP contribution in [0.15, 0.2) is 70.3 Å². The van der Waals surface area contributed by atoms with Gasteiger partial charge in [-0.1, -0.05) is 28.1 Å². The first-order valence-corrected chi connectivity index (χ1v) is 11.9. The second-order valence-corrected chi connectivity index (χ2v) is 9.89. The first kappa shape index (κ1) is 21.2. The van der Waals surface area contributed by atoms with E-state index < -0.39 is 10.0 Å². The predicted molar refractivity (Wildman–Crippen MR) is 118 cm³/mol. The molecular weight excluding hydrogens is 468 g/mol. The van der Waals surface area contributed by atoms with E-state index in [1.54, 1.807) is 12.1 Å². The summed E-state index contributed by atoms with van der Waals surface area (Å²) in [7, 11) is -3.45. The summed E-state index contributed by atoms with van der Waals surface area (Å²) in [5.74, 6) is 0. The molecule has 30 heavy (non-hydrogen) atoms. The highest BCUT2D eigenvalue weighted by atomic mass is 79.9. The molecule has 0 unspecified atom stereocenters. The van der Waals surface area contributed by atoms with Gasteiger partial charge in [0, 0.05) is 42.4 Å². The molecule has 2 aromatic carbocycles. The van der Waals surface area contributed by atoms with Crippen LogP contribution in [0.3, 0.4) is 0 Å². The first-order chi connectivity index (χ1) is 14.5. The molecule has 1 aliphatic rings. The van der Waals surface area contributed by atoms with Crippen LogP contribution in [0.25, 0.3) is 5.69 Å². The van der Waals surface area contributed by atoms with Crippen molar-refractivity contribution in [3.05, 3.63) is 76.5 Å². The molecule has 0 bridgehead atoms. The van der Waals surface area contributed by atoms with E-state index in [-0.39, 0.29) is 0 Å². The molecule has 3 aromatic rings. The molecule has 1 N–H and O–H groups in total. The van der Waals surface area contributed by atoms with Crippen LogP contribution in [0.5, 0.6) is 0 Å². The van der Waals surface area contributed by atoms with Crippen LogP contribution in [0.4, 0.5) is 0 Å². The number of sulfonamides is 1. The Bertz CT molecular complexity index is 1080. The number of nitrogens with one attached hydrogen (secondary N) is 1. The second-order valence-electron chi connectivity index (χ2n) is 7.03. The zero-order valence-corrected chi connectivity index (χ0v) is 18.8. The molecular formula is C21H23BrN4O3S.